The second-order valence-electron chi connectivity index (χ2n) is 5.78. The predicted molar refractivity (Wildman–Crippen MR) is 84.6 cm³/mol. The molecule has 1 aliphatic heterocycles. The second kappa shape index (κ2) is 7.14. The van der Waals surface area contributed by atoms with Crippen molar-refractivity contribution in [2.75, 3.05) is 19.7 Å². The summed E-state index contributed by atoms with van der Waals surface area (Å²) in [6.45, 7) is 5.57. The lowest BCUT2D eigenvalue weighted by Gasteiger charge is -2.33. The zero-order valence-electron chi connectivity index (χ0n) is 12.6. The van der Waals surface area contributed by atoms with Gasteiger partial charge in [-0.2, -0.15) is 0 Å². The zero-order valence-corrected chi connectivity index (χ0v) is 13.4. The van der Waals surface area contributed by atoms with Crippen LogP contribution < -0.4 is 10.5 Å². The number of nitrogens with zero attached hydrogens (tertiary/aromatic N) is 1. The van der Waals surface area contributed by atoms with E-state index in [-0.39, 0.29) is 18.6 Å². The highest BCUT2D eigenvalue weighted by atomic mass is 35.5. The standard InChI is InChI=1S/C16H23ClN2O2/c1-11-9-14(3-4-15(11)17)21-10-16(20)19-7-5-13(6-8-19)12(2)18/h3-4,9,12-13H,5-8,10,18H2,1-2H3. The van der Waals surface area contributed by atoms with Crippen LogP contribution in [0.1, 0.15) is 25.3 Å². The molecule has 2 N–H and O–H groups in total. The van der Waals surface area contributed by atoms with Gasteiger partial charge >= 0.3 is 0 Å². The van der Waals surface area contributed by atoms with Crippen LogP contribution >= 0.6 is 11.6 Å². The molecule has 1 atom stereocenters. The highest BCUT2D eigenvalue weighted by molar-refractivity contribution is 6.31. The van der Waals surface area contributed by atoms with E-state index in [9.17, 15) is 4.79 Å². The summed E-state index contributed by atoms with van der Waals surface area (Å²) in [6.07, 6.45) is 1.95. The first-order valence-corrected chi connectivity index (χ1v) is 7.77. The molecule has 1 saturated heterocycles. The van der Waals surface area contributed by atoms with Crippen LogP contribution in [-0.4, -0.2) is 36.5 Å². The Morgan fingerprint density at radius 1 is 1.48 bits per heavy atom. The van der Waals surface area contributed by atoms with Gasteiger partial charge in [0, 0.05) is 24.2 Å². The molecule has 0 spiro atoms. The number of carbonyl (C=O) groups excluding carboxylic acids is 1. The molecule has 4 nitrogen and oxygen atoms in total. The fourth-order valence-electron chi connectivity index (χ4n) is 2.62. The van der Waals surface area contributed by atoms with Crippen LogP contribution in [0.25, 0.3) is 0 Å². The summed E-state index contributed by atoms with van der Waals surface area (Å²) in [7, 11) is 0. The number of ether oxygens (including phenoxy) is 1. The minimum atomic E-state index is 0.0331. The number of aryl methyl sites for hydroxylation is 1. The number of halogens is 1. The van der Waals surface area contributed by atoms with Crippen LogP contribution in [0.2, 0.25) is 5.02 Å². The van der Waals surface area contributed by atoms with Crippen LogP contribution in [0.4, 0.5) is 0 Å². The Labute approximate surface area is 131 Å². The van der Waals surface area contributed by atoms with Crippen molar-refractivity contribution < 1.29 is 9.53 Å². The van der Waals surface area contributed by atoms with E-state index >= 15 is 0 Å². The van der Waals surface area contributed by atoms with E-state index in [0.717, 1.165) is 31.5 Å². The molecule has 1 aliphatic rings. The molecular weight excluding hydrogens is 288 g/mol. The molecule has 1 aromatic rings. The number of benzene rings is 1. The first kappa shape index (κ1) is 16.1. The highest BCUT2D eigenvalue weighted by Gasteiger charge is 2.24. The molecule has 1 aromatic carbocycles. The Bertz CT molecular complexity index is 497. The van der Waals surface area contributed by atoms with Gasteiger partial charge in [-0.15, -0.1) is 0 Å². The average Bonchev–Trinajstić information content (AvgIpc) is 2.48. The number of carbonyl (C=O) groups is 1. The van der Waals surface area contributed by atoms with Crippen LogP contribution in [0.5, 0.6) is 5.75 Å². The van der Waals surface area contributed by atoms with Gasteiger partial charge in [0.15, 0.2) is 6.61 Å². The fourth-order valence-corrected chi connectivity index (χ4v) is 2.74. The van der Waals surface area contributed by atoms with E-state index in [1.54, 1.807) is 12.1 Å². The summed E-state index contributed by atoms with van der Waals surface area (Å²) in [6, 6.07) is 5.61. The first-order chi connectivity index (χ1) is 9.97. The maximum atomic E-state index is 12.1. The maximum absolute atomic E-state index is 12.1. The molecule has 0 aromatic heterocycles. The van der Waals surface area contributed by atoms with Crippen molar-refractivity contribution in [3.05, 3.63) is 28.8 Å². The Hall–Kier alpha value is -1.26. The van der Waals surface area contributed by atoms with Gasteiger partial charge in [-0.3, -0.25) is 4.79 Å². The van der Waals surface area contributed by atoms with Crippen molar-refractivity contribution in [1.29, 1.82) is 0 Å². The molecule has 0 saturated carbocycles. The van der Waals surface area contributed by atoms with E-state index in [2.05, 4.69) is 0 Å². The smallest absolute Gasteiger partial charge is 0.260 e. The monoisotopic (exact) mass is 310 g/mol. The van der Waals surface area contributed by atoms with E-state index in [1.165, 1.54) is 0 Å². The summed E-state index contributed by atoms with van der Waals surface area (Å²) in [5.41, 5.74) is 6.85. The van der Waals surface area contributed by atoms with Crippen LogP contribution in [0.3, 0.4) is 0 Å². The molecule has 1 unspecified atom stereocenters. The molecule has 0 radical (unpaired) electrons. The van der Waals surface area contributed by atoms with Crippen LogP contribution in [0, 0.1) is 12.8 Å². The van der Waals surface area contributed by atoms with Crippen molar-refractivity contribution in [1.82, 2.24) is 4.90 Å². The molecule has 1 amide bonds. The SMILES string of the molecule is Cc1cc(OCC(=O)N2CCC(C(C)N)CC2)ccc1Cl. The largest absolute Gasteiger partial charge is 0.484 e. The Kier molecular flexibility index (Phi) is 5.48. The summed E-state index contributed by atoms with van der Waals surface area (Å²) < 4.78 is 5.56. The molecule has 1 heterocycles. The van der Waals surface area contributed by atoms with Gasteiger partial charge in [0.25, 0.3) is 5.91 Å². The molecule has 2 rings (SSSR count). The van der Waals surface area contributed by atoms with E-state index in [4.69, 9.17) is 22.1 Å². The van der Waals surface area contributed by atoms with Gasteiger partial charge in [-0.25, -0.2) is 0 Å². The van der Waals surface area contributed by atoms with Crippen molar-refractivity contribution in [2.24, 2.45) is 11.7 Å². The minimum absolute atomic E-state index is 0.0331. The highest BCUT2D eigenvalue weighted by Crippen LogP contribution is 2.22. The van der Waals surface area contributed by atoms with Crippen molar-refractivity contribution in [2.45, 2.75) is 32.7 Å². The number of nitrogens with two attached hydrogens (primary N) is 1. The van der Waals surface area contributed by atoms with Gasteiger partial charge in [0.2, 0.25) is 0 Å². The molecular formula is C16H23ClN2O2. The quantitative estimate of drug-likeness (QED) is 0.930. The number of rotatable bonds is 4. The normalized spacial score (nSPS) is 17.6. The molecule has 0 aliphatic carbocycles. The predicted octanol–water partition coefficient (Wildman–Crippen LogP) is 2.61. The van der Waals surface area contributed by atoms with E-state index in [1.807, 2.05) is 24.8 Å². The zero-order chi connectivity index (χ0) is 15.4. The minimum Gasteiger partial charge on any atom is -0.484 e. The van der Waals surface area contributed by atoms with Gasteiger partial charge in [-0.1, -0.05) is 11.6 Å². The molecule has 116 valence electrons. The number of amides is 1. The van der Waals surface area contributed by atoms with Crippen molar-refractivity contribution in [3.8, 4) is 5.75 Å². The van der Waals surface area contributed by atoms with Crippen LogP contribution in [0.15, 0.2) is 18.2 Å². The molecule has 21 heavy (non-hydrogen) atoms. The fraction of sp³-hybridized carbons (Fsp3) is 0.562. The summed E-state index contributed by atoms with van der Waals surface area (Å²) in [5.74, 6) is 1.23. The third kappa shape index (κ3) is 4.35. The summed E-state index contributed by atoms with van der Waals surface area (Å²) in [5, 5.41) is 0.701. The molecule has 5 heteroatoms. The Morgan fingerprint density at radius 3 is 2.71 bits per heavy atom. The summed E-state index contributed by atoms with van der Waals surface area (Å²) >= 11 is 5.96. The topological polar surface area (TPSA) is 55.6 Å². The third-order valence-corrected chi connectivity index (χ3v) is 4.55. The lowest BCUT2D eigenvalue weighted by atomic mass is 9.91. The Balaban J connectivity index is 1.81. The van der Waals surface area contributed by atoms with Gasteiger partial charge in [0.1, 0.15) is 5.75 Å². The van der Waals surface area contributed by atoms with E-state index in [0.29, 0.717) is 16.7 Å². The van der Waals surface area contributed by atoms with Crippen molar-refractivity contribution >= 4 is 17.5 Å². The average molecular weight is 311 g/mol. The summed E-state index contributed by atoms with van der Waals surface area (Å²) in [4.78, 5) is 14.0. The molecule has 1 fully saturated rings. The second-order valence-corrected chi connectivity index (χ2v) is 6.18. The van der Waals surface area contributed by atoms with Gasteiger partial charge in [0.05, 0.1) is 0 Å². The van der Waals surface area contributed by atoms with Crippen LogP contribution in [-0.2, 0) is 4.79 Å². The lowest BCUT2D eigenvalue weighted by Crippen LogP contribution is -2.44. The first-order valence-electron chi connectivity index (χ1n) is 7.39. The number of piperidine rings is 1. The number of hydrogen-bond donors (Lipinski definition) is 1. The number of hydrogen-bond acceptors (Lipinski definition) is 3. The lowest BCUT2D eigenvalue weighted by molar-refractivity contribution is -0.134. The van der Waals surface area contributed by atoms with Crippen molar-refractivity contribution in [3.63, 3.8) is 0 Å². The van der Waals surface area contributed by atoms with Gasteiger partial charge < -0.3 is 15.4 Å². The third-order valence-electron chi connectivity index (χ3n) is 4.13. The number of likely N-dealkylation sites (tertiary alicyclic amines) is 1. The Morgan fingerprint density at radius 2 is 2.14 bits per heavy atom. The maximum Gasteiger partial charge on any atom is 0.260 e. The van der Waals surface area contributed by atoms with Gasteiger partial charge in [-0.05, 0) is 56.4 Å². The molecule has 0 bridgehead atoms. The van der Waals surface area contributed by atoms with E-state index < -0.39 is 0 Å².